The molecule has 2 nitrogen and oxygen atoms in total. The van der Waals surface area contributed by atoms with Crippen LogP contribution in [0.1, 0.15) is 12.5 Å². The van der Waals surface area contributed by atoms with Gasteiger partial charge in [-0.05, 0) is 25.0 Å². The van der Waals surface area contributed by atoms with E-state index in [1.54, 1.807) is 0 Å². The van der Waals surface area contributed by atoms with Gasteiger partial charge in [0, 0.05) is 6.54 Å². The maximum absolute atomic E-state index is 11.3. The van der Waals surface area contributed by atoms with Crippen LogP contribution < -0.4 is 5.32 Å². The van der Waals surface area contributed by atoms with Gasteiger partial charge in [-0.2, -0.15) is 0 Å². The molecule has 1 aromatic rings. The van der Waals surface area contributed by atoms with Crippen molar-refractivity contribution in [2.24, 2.45) is 0 Å². The van der Waals surface area contributed by atoms with Crippen molar-refractivity contribution in [1.29, 1.82) is 0 Å². The summed E-state index contributed by atoms with van der Waals surface area (Å²) in [6.45, 7) is 2.48. The van der Waals surface area contributed by atoms with Crippen LogP contribution in [-0.4, -0.2) is 17.8 Å². The molecule has 1 N–H and O–H groups in total. The minimum Gasteiger partial charge on any atom is -0.355 e. The SMILES string of the molecule is CCNC(=O)C(Cl)Cc1[c]cccc1. The molecule has 0 bridgehead atoms. The Kier molecular flexibility index (Phi) is 4.47. The van der Waals surface area contributed by atoms with E-state index in [1.165, 1.54) is 0 Å². The second-order valence-corrected chi connectivity index (χ2v) is 3.48. The number of amides is 1. The zero-order chi connectivity index (χ0) is 10.4. The molecule has 0 aliphatic heterocycles. The number of rotatable bonds is 4. The van der Waals surface area contributed by atoms with Crippen LogP contribution >= 0.6 is 11.6 Å². The summed E-state index contributed by atoms with van der Waals surface area (Å²) in [6, 6.07) is 10.6. The number of benzene rings is 1. The maximum atomic E-state index is 11.3. The Bertz CT molecular complexity index is 287. The number of hydrogen-bond donors (Lipinski definition) is 1. The van der Waals surface area contributed by atoms with Gasteiger partial charge >= 0.3 is 0 Å². The smallest absolute Gasteiger partial charge is 0.238 e. The van der Waals surface area contributed by atoms with Crippen molar-refractivity contribution in [2.75, 3.05) is 6.54 Å². The lowest BCUT2D eigenvalue weighted by Gasteiger charge is -2.08. The molecule has 75 valence electrons. The Labute approximate surface area is 89.3 Å². The molecule has 0 heterocycles. The van der Waals surface area contributed by atoms with Crippen LogP contribution in [0.25, 0.3) is 0 Å². The lowest BCUT2D eigenvalue weighted by atomic mass is 10.1. The van der Waals surface area contributed by atoms with E-state index in [4.69, 9.17) is 11.6 Å². The van der Waals surface area contributed by atoms with E-state index in [0.717, 1.165) is 5.56 Å². The van der Waals surface area contributed by atoms with Crippen molar-refractivity contribution in [3.8, 4) is 0 Å². The highest BCUT2D eigenvalue weighted by atomic mass is 35.5. The number of carbonyl (C=O) groups excluding carboxylic acids is 1. The third kappa shape index (κ3) is 3.38. The Morgan fingerprint density at radius 1 is 1.64 bits per heavy atom. The first-order valence-electron chi connectivity index (χ1n) is 4.61. The zero-order valence-corrected chi connectivity index (χ0v) is 8.84. The summed E-state index contributed by atoms with van der Waals surface area (Å²) in [6.07, 6.45) is 0.522. The molecule has 1 aromatic carbocycles. The van der Waals surface area contributed by atoms with E-state index in [0.29, 0.717) is 13.0 Å². The van der Waals surface area contributed by atoms with Gasteiger partial charge in [0.05, 0.1) is 0 Å². The minimum absolute atomic E-state index is 0.119. The van der Waals surface area contributed by atoms with E-state index >= 15 is 0 Å². The fourth-order valence-corrected chi connectivity index (χ4v) is 1.37. The first-order chi connectivity index (χ1) is 6.74. The first-order valence-corrected chi connectivity index (χ1v) is 5.05. The Hall–Kier alpha value is -1.02. The lowest BCUT2D eigenvalue weighted by Crippen LogP contribution is -2.32. The van der Waals surface area contributed by atoms with Crippen LogP contribution in [-0.2, 0) is 11.2 Å². The third-order valence-corrected chi connectivity index (χ3v) is 2.16. The molecular formula is C11H13ClNO. The van der Waals surface area contributed by atoms with Crippen molar-refractivity contribution in [2.45, 2.75) is 18.7 Å². The summed E-state index contributed by atoms with van der Waals surface area (Å²) in [5.74, 6) is -0.119. The van der Waals surface area contributed by atoms with Crippen LogP contribution in [0, 0.1) is 6.07 Å². The second-order valence-electron chi connectivity index (χ2n) is 2.95. The minimum atomic E-state index is -0.506. The van der Waals surface area contributed by atoms with Crippen molar-refractivity contribution >= 4 is 17.5 Å². The van der Waals surface area contributed by atoms with Gasteiger partial charge < -0.3 is 5.32 Å². The van der Waals surface area contributed by atoms with E-state index in [2.05, 4.69) is 11.4 Å². The molecule has 1 unspecified atom stereocenters. The molecule has 0 aromatic heterocycles. The third-order valence-electron chi connectivity index (χ3n) is 1.81. The standard InChI is InChI=1S/C11H13ClNO/c1-2-13-11(14)10(12)8-9-6-4-3-5-7-9/h3-6,10H,2,8H2,1H3,(H,13,14). The highest BCUT2D eigenvalue weighted by molar-refractivity contribution is 6.30. The van der Waals surface area contributed by atoms with E-state index in [9.17, 15) is 4.79 Å². The van der Waals surface area contributed by atoms with Crippen LogP contribution in [0.3, 0.4) is 0 Å². The predicted octanol–water partition coefficient (Wildman–Crippen LogP) is 1.77. The Morgan fingerprint density at radius 2 is 2.43 bits per heavy atom. The second kappa shape index (κ2) is 5.66. The van der Waals surface area contributed by atoms with E-state index in [-0.39, 0.29) is 5.91 Å². The fourth-order valence-electron chi connectivity index (χ4n) is 1.13. The lowest BCUT2D eigenvalue weighted by molar-refractivity contribution is -0.120. The van der Waals surface area contributed by atoms with Crippen LogP contribution in [0.5, 0.6) is 0 Å². The monoisotopic (exact) mass is 210 g/mol. The summed E-state index contributed by atoms with van der Waals surface area (Å²) in [7, 11) is 0. The Balaban J connectivity index is 2.49. The van der Waals surface area contributed by atoms with E-state index < -0.39 is 5.38 Å². The average molecular weight is 211 g/mol. The molecule has 0 aliphatic carbocycles. The molecule has 1 rings (SSSR count). The van der Waals surface area contributed by atoms with E-state index in [1.807, 2.05) is 31.2 Å². The molecule has 3 heteroatoms. The van der Waals surface area contributed by atoms with Gasteiger partial charge in [-0.3, -0.25) is 4.79 Å². The van der Waals surface area contributed by atoms with Crippen molar-refractivity contribution in [1.82, 2.24) is 5.32 Å². The van der Waals surface area contributed by atoms with Crippen molar-refractivity contribution in [3.05, 3.63) is 35.9 Å². The molecule has 0 spiro atoms. The first kappa shape index (κ1) is 11.1. The Morgan fingerprint density at radius 3 is 3.00 bits per heavy atom. The van der Waals surface area contributed by atoms with Crippen LogP contribution in [0.2, 0.25) is 0 Å². The highest BCUT2D eigenvalue weighted by Gasteiger charge is 2.14. The maximum Gasteiger partial charge on any atom is 0.238 e. The molecule has 14 heavy (non-hydrogen) atoms. The summed E-state index contributed by atoms with van der Waals surface area (Å²) < 4.78 is 0. The molecule has 1 atom stereocenters. The molecular weight excluding hydrogens is 198 g/mol. The molecule has 0 aliphatic rings. The number of hydrogen-bond acceptors (Lipinski definition) is 1. The zero-order valence-electron chi connectivity index (χ0n) is 8.09. The fraction of sp³-hybridized carbons (Fsp3) is 0.364. The number of carbonyl (C=O) groups is 1. The molecule has 0 saturated carbocycles. The van der Waals surface area contributed by atoms with Gasteiger partial charge in [0.15, 0.2) is 0 Å². The largest absolute Gasteiger partial charge is 0.355 e. The number of nitrogens with one attached hydrogen (secondary N) is 1. The average Bonchev–Trinajstić information content (AvgIpc) is 2.19. The molecule has 1 radical (unpaired) electrons. The van der Waals surface area contributed by atoms with Gasteiger partial charge in [0.25, 0.3) is 0 Å². The van der Waals surface area contributed by atoms with Crippen LogP contribution in [0.4, 0.5) is 0 Å². The summed E-state index contributed by atoms with van der Waals surface area (Å²) in [4.78, 5) is 11.3. The quantitative estimate of drug-likeness (QED) is 0.755. The van der Waals surface area contributed by atoms with Gasteiger partial charge in [-0.25, -0.2) is 0 Å². The van der Waals surface area contributed by atoms with Crippen LogP contribution in [0.15, 0.2) is 24.3 Å². The predicted molar refractivity (Wildman–Crippen MR) is 57.3 cm³/mol. The summed E-state index contributed by atoms with van der Waals surface area (Å²) >= 11 is 5.91. The normalized spacial score (nSPS) is 12.1. The van der Waals surface area contributed by atoms with Gasteiger partial charge in [-0.15, -0.1) is 11.6 Å². The molecule has 0 saturated heterocycles. The van der Waals surface area contributed by atoms with Gasteiger partial charge in [0.2, 0.25) is 5.91 Å². The summed E-state index contributed by atoms with van der Waals surface area (Å²) in [5.41, 5.74) is 0.957. The molecule has 0 fully saturated rings. The van der Waals surface area contributed by atoms with Gasteiger partial charge in [-0.1, -0.05) is 24.3 Å². The topological polar surface area (TPSA) is 29.1 Å². The van der Waals surface area contributed by atoms with Gasteiger partial charge in [0.1, 0.15) is 5.38 Å². The molecule has 1 amide bonds. The highest BCUT2D eigenvalue weighted by Crippen LogP contribution is 2.07. The van der Waals surface area contributed by atoms with Crippen molar-refractivity contribution in [3.63, 3.8) is 0 Å². The number of halogens is 1. The summed E-state index contributed by atoms with van der Waals surface area (Å²) in [5, 5.41) is 2.17. The van der Waals surface area contributed by atoms with Crippen molar-refractivity contribution < 1.29 is 4.79 Å². The number of alkyl halides is 1.